The first-order valence-electron chi connectivity index (χ1n) is 18.3. The number of rotatable bonds is 11. The van der Waals surface area contributed by atoms with Gasteiger partial charge in [0.1, 0.15) is 0 Å². The third kappa shape index (κ3) is 13.1. The molecule has 10 heteroatoms. The average molecular weight is 1020 g/mol. The molecule has 3 aromatic carbocycles. The van der Waals surface area contributed by atoms with E-state index in [1.165, 1.54) is 55.6 Å². The number of hydrogen-bond acceptors (Lipinski definition) is 4. The fourth-order valence-corrected chi connectivity index (χ4v) is 6.76. The maximum Gasteiger partial charge on any atom is 2.00 e. The molecule has 0 atom stereocenters. The Morgan fingerprint density at radius 1 is 0.446 bits per heavy atom. The van der Waals surface area contributed by atoms with Gasteiger partial charge < -0.3 is 49.6 Å². The van der Waals surface area contributed by atoms with Crippen molar-refractivity contribution in [2.75, 3.05) is 0 Å². The molecule has 0 fully saturated rings. The van der Waals surface area contributed by atoms with Crippen LogP contribution in [0.4, 0.5) is 11.4 Å². The van der Waals surface area contributed by atoms with Crippen molar-refractivity contribution in [1.29, 1.82) is 0 Å². The summed E-state index contributed by atoms with van der Waals surface area (Å²) in [7, 11) is 0. The van der Waals surface area contributed by atoms with Crippen LogP contribution in [0.1, 0.15) is 144 Å². The first-order chi connectivity index (χ1) is 23.9. The van der Waals surface area contributed by atoms with E-state index in [9.17, 15) is 0 Å². The minimum absolute atomic E-state index is 0. The third-order valence-electron chi connectivity index (χ3n) is 9.50. The smallest absolute Gasteiger partial charge is 1.00 e. The van der Waals surface area contributed by atoms with Crippen LogP contribution in [0.5, 0.6) is 0 Å². The molecule has 0 spiro atoms. The Hall–Kier alpha value is -2.22. The van der Waals surface area contributed by atoms with Crippen molar-refractivity contribution in [3.8, 4) is 22.3 Å². The Morgan fingerprint density at radius 3 is 1.09 bits per heavy atom. The van der Waals surface area contributed by atoms with E-state index in [-0.39, 0.29) is 114 Å². The molecule has 2 heterocycles. The Bertz CT molecular complexity index is 1960. The topological polar surface area (TPSA) is 50.5 Å². The minimum Gasteiger partial charge on any atom is -1.00 e. The van der Waals surface area contributed by atoms with Crippen molar-refractivity contribution < 1.29 is 90.5 Å². The first kappa shape index (κ1) is 55.9. The molecule has 2 aromatic heterocycles. The van der Waals surface area contributed by atoms with Gasteiger partial charge in [-0.15, -0.1) is 0 Å². The van der Waals surface area contributed by atoms with Gasteiger partial charge in [0, 0.05) is 12.4 Å². The number of nitrogens with zero attached hydrogens (tertiary/aromatic N) is 4. The Balaban J connectivity index is 0. The van der Waals surface area contributed by atoms with Crippen LogP contribution in [0.3, 0.4) is 0 Å². The molecule has 5 rings (SSSR count). The summed E-state index contributed by atoms with van der Waals surface area (Å²) < 4.78 is 0. The van der Waals surface area contributed by atoms with E-state index in [2.05, 4.69) is 123 Å². The number of benzene rings is 3. The molecule has 0 amide bonds. The van der Waals surface area contributed by atoms with Crippen LogP contribution in [0.25, 0.3) is 22.3 Å². The van der Waals surface area contributed by atoms with Crippen molar-refractivity contribution in [3.63, 3.8) is 0 Å². The zero-order valence-electron chi connectivity index (χ0n) is 34.1. The van der Waals surface area contributed by atoms with Gasteiger partial charge in [-0.3, -0.25) is 20.0 Å². The van der Waals surface area contributed by atoms with Gasteiger partial charge in [-0.05, 0) is 141 Å². The fraction of sp³-hybridized carbons (Fsp3) is 0.348. The third-order valence-corrected chi connectivity index (χ3v) is 9.50. The van der Waals surface area contributed by atoms with E-state index in [0.717, 1.165) is 22.8 Å². The summed E-state index contributed by atoms with van der Waals surface area (Å²) in [5.41, 5.74) is 16.6. The summed E-state index contributed by atoms with van der Waals surface area (Å²) in [5.74, 6) is 1.49. The number of aromatic nitrogens is 2. The monoisotopic (exact) mass is 1010 g/mol. The molecule has 0 unspecified atom stereocenters. The normalized spacial score (nSPS) is 10.9. The standard InChI is InChI=1S/C46H54N4.4ClH.2Pd/c1-28(2)38-19-18-33(11)43(34-22-39(29(3)4)45(40(23-34)30(5)6)49-26-36-16-12-14-20-47-36)44(38)35-24-41(31(7)8)46(42(25-35)32(9)10)50-27-37-17-13-15-21-48-37;;;;;;/h12-32H,1-11H3;4*1H;;/q;;;;;2*+2/p-4. The van der Waals surface area contributed by atoms with E-state index in [0.29, 0.717) is 5.92 Å². The van der Waals surface area contributed by atoms with Gasteiger partial charge in [0.15, 0.2) is 0 Å². The summed E-state index contributed by atoms with van der Waals surface area (Å²) in [6, 6.07) is 26.2. The molecule has 0 aliphatic rings. The zero-order chi connectivity index (χ0) is 36.1. The van der Waals surface area contributed by atoms with Crippen molar-refractivity contribution in [2.45, 2.75) is 106 Å². The van der Waals surface area contributed by atoms with E-state index in [1.807, 2.05) is 61.2 Å². The molecule has 56 heavy (non-hydrogen) atoms. The molecule has 4 nitrogen and oxygen atoms in total. The molecule has 306 valence electrons. The summed E-state index contributed by atoms with van der Waals surface area (Å²) in [6.07, 6.45) is 7.45. The van der Waals surface area contributed by atoms with Gasteiger partial charge in [-0.1, -0.05) is 93.5 Å². The number of halogens is 4. The van der Waals surface area contributed by atoms with E-state index in [4.69, 9.17) is 9.98 Å². The minimum atomic E-state index is 0. The average Bonchev–Trinajstić information content (AvgIpc) is 3.09. The number of aliphatic imine (C=N–C) groups is 2. The second kappa shape index (κ2) is 25.3. The maximum absolute atomic E-state index is 5.12. The van der Waals surface area contributed by atoms with Crippen molar-refractivity contribution in [3.05, 3.63) is 130 Å². The predicted molar refractivity (Wildman–Crippen MR) is 215 cm³/mol. The quantitative estimate of drug-likeness (QED) is 0.148. The molecular formula is C46H54Cl4N4Pd2. The summed E-state index contributed by atoms with van der Waals surface area (Å²) in [4.78, 5) is 19.2. The van der Waals surface area contributed by atoms with E-state index >= 15 is 0 Å². The molecule has 0 aliphatic heterocycles. The van der Waals surface area contributed by atoms with Gasteiger partial charge in [0.2, 0.25) is 0 Å². The predicted octanol–water partition coefficient (Wildman–Crippen LogP) is 1.25. The Morgan fingerprint density at radius 2 is 0.786 bits per heavy atom. The SMILES string of the molecule is Cc1ccc(C(C)C)c(-c2cc(C(C)C)c(N=Cc3ccccn3)c(C(C)C)c2)c1-c1cc(C(C)C)c(N=Cc2ccccn2)c(C(C)C)c1.[Cl-].[Cl-].[Cl-].[Cl-].[Pd+2].[Pd+2]. The van der Waals surface area contributed by atoms with Crippen LogP contribution in [0.2, 0.25) is 0 Å². The van der Waals surface area contributed by atoms with Gasteiger partial charge >= 0.3 is 40.8 Å². The zero-order valence-corrected chi connectivity index (χ0v) is 40.2. The van der Waals surface area contributed by atoms with Crippen LogP contribution < -0.4 is 49.6 Å². The molecular weight excluding hydrogens is 963 g/mol. The molecule has 5 aromatic rings. The van der Waals surface area contributed by atoms with Gasteiger partial charge in [-0.2, -0.15) is 0 Å². The number of pyridine rings is 2. The Labute approximate surface area is 389 Å². The van der Waals surface area contributed by atoms with Crippen LogP contribution in [-0.4, -0.2) is 22.4 Å². The molecule has 0 radical (unpaired) electrons. The second-order valence-electron chi connectivity index (χ2n) is 15.0. The molecule has 0 bridgehead atoms. The molecule has 0 N–H and O–H groups in total. The van der Waals surface area contributed by atoms with Crippen molar-refractivity contribution in [1.82, 2.24) is 9.97 Å². The van der Waals surface area contributed by atoms with Gasteiger partial charge in [-0.25, -0.2) is 0 Å². The fourth-order valence-electron chi connectivity index (χ4n) is 6.76. The number of hydrogen-bond donors (Lipinski definition) is 0. The second-order valence-corrected chi connectivity index (χ2v) is 15.0. The summed E-state index contributed by atoms with van der Waals surface area (Å²) in [5, 5.41) is 0. The summed E-state index contributed by atoms with van der Waals surface area (Å²) >= 11 is 0. The van der Waals surface area contributed by atoms with Crippen molar-refractivity contribution in [2.24, 2.45) is 9.98 Å². The summed E-state index contributed by atoms with van der Waals surface area (Å²) in [6.45, 7) is 25.1. The van der Waals surface area contributed by atoms with E-state index < -0.39 is 0 Å². The maximum atomic E-state index is 5.12. The van der Waals surface area contributed by atoms with Crippen LogP contribution in [-0.2, 0) is 40.8 Å². The van der Waals surface area contributed by atoms with Crippen LogP contribution in [0, 0.1) is 6.92 Å². The molecule has 0 saturated carbocycles. The van der Waals surface area contributed by atoms with Gasteiger partial charge in [0.05, 0.1) is 35.2 Å². The molecule has 0 aliphatic carbocycles. The van der Waals surface area contributed by atoms with Gasteiger partial charge in [0.25, 0.3) is 0 Å². The van der Waals surface area contributed by atoms with Crippen molar-refractivity contribution >= 4 is 23.8 Å². The van der Waals surface area contributed by atoms with E-state index in [1.54, 1.807) is 0 Å². The molecule has 0 saturated heterocycles. The van der Waals surface area contributed by atoms with Crippen LogP contribution >= 0.6 is 0 Å². The van der Waals surface area contributed by atoms with Crippen LogP contribution in [0.15, 0.2) is 95.2 Å². The largest absolute Gasteiger partial charge is 2.00 e. The number of aryl methyl sites for hydroxylation is 1. The first-order valence-corrected chi connectivity index (χ1v) is 18.3. The Kier molecular flexibility index (Phi) is 25.3.